The number of nitrogens with two attached hydrogens (primary N) is 1. The molecule has 0 atom stereocenters. The Morgan fingerprint density at radius 2 is 2.05 bits per heavy atom. The second kappa shape index (κ2) is 7.04. The highest BCUT2D eigenvalue weighted by molar-refractivity contribution is 5.31. The molecule has 0 spiro atoms. The normalized spacial score (nSPS) is 17.8. The van der Waals surface area contributed by atoms with Crippen LogP contribution in [0.25, 0.3) is 0 Å². The minimum absolute atomic E-state index is 0.629. The van der Waals surface area contributed by atoms with Crippen LogP contribution in [0, 0.1) is 12.8 Å². The number of rotatable bonds is 5. The third kappa shape index (κ3) is 4.03. The standard InChI is InChI=1S/C16H26N2O/c1-13-9-15(10-17)3-4-16(13)11-18-7-5-14(6-8-18)12-19-2/h3-4,9,14H,5-8,10-12,17H2,1-2H3. The summed E-state index contributed by atoms with van der Waals surface area (Å²) in [7, 11) is 1.80. The fourth-order valence-corrected chi connectivity index (χ4v) is 2.85. The summed E-state index contributed by atoms with van der Waals surface area (Å²) in [5.74, 6) is 0.752. The Balaban J connectivity index is 1.88. The van der Waals surface area contributed by atoms with Crippen molar-refractivity contribution < 1.29 is 4.74 Å². The van der Waals surface area contributed by atoms with E-state index < -0.39 is 0 Å². The van der Waals surface area contributed by atoms with Crippen molar-refractivity contribution in [2.75, 3.05) is 26.8 Å². The first-order valence-corrected chi connectivity index (χ1v) is 7.22. The molecule has 1 aromatic carbocycles. The van der Waals surface area contributed by atoms with Crippen LogP contribution in [0.1, 0.15) is 29.5 Å². The Bertz CT molecular complexity index is 398. The predicted molar refractivity (Wildman–Crippen MR) is 78.9 cm³/mol. The largest absolute Gasteiger partial charge is 0.384 e. The summed E-state index contributed by atoms with van der Waals surface area (Å²) in [6, 6.07) is 6.60. The zero-order valence-corrected chi connectivity index (χ0v) is 12.2. The quantitative estimate of drug-likeness (QED) is 0.885. The summed E-state index contributed by atoms with van der Waals surface area (Å²) in [4.78, 5) is 2.55. The second-order valence-electron chi connectivity index (χ2n) is 5.64. The number of piperidine rings is 1. The smallest absolute Gasteiger partial charge is 0.0491 e. The molecule has 3 nitrogen and oxygen atoms in total. The van der Waals surface area contributed by atoms with Gasteiger partial charge in [0.05, 0.1) is 0 Å². The monoisotopic (exact) mass is 262 g/mol. The van der Waals surface area contributed by atoms with Gasteiger partial charge in [-0.2, -0.15) is 0 Å². The third-order valence-corrected chi connectivity index (χ3v) is 4.15. The SMILES string of the molecule is COCC1CCN(Cc2ccc(CN)cc2C)CC1. The summed E-state index contributed by atoms with van der Waals surface area (Å²) < 4.78 is 5.25. The van der Waals surface area contributed by atoms with Gasteiger partial charge < -0.3 is 10.5 Å². The molecule has 2 N–H and O–H groups in total. The molecule has 0 unspecified atom stereocenters. The zero-order chi connectivity index (χ0) is 13.7. The van der Waals surface area contributed by atoms with Crippen LogP contribution < -0.4 is 5.73 Å². The molecule has 1 aliphatic rings. The van der Waals surface area contributed by atoms with Gasteiger partial charge in [-0.05, 0) is 55.5 Å². The molecule has 0 saturated carbocycles. The first-order valence-electron chi connectivity index (χ1n) is 7.22. The number of benzene rings is 1. The van der Waals surface area contributed by atoms with Gasteiger partial charge in [0, 0.05) is 26.8 Å². The van der Waals surface area contributed by atoms with Crippen molar-refractivity contribution in [3.05, 3.63) is 34.9 Å². The van der Waals surface area contributed by atoms with Crippen LogP contribution in [0.4, 0.5) is 0 Å². The average Bonchev–Trinajstić information content (AvgIpc) is 2.43. The average molecular weight is 262 g/mol. The lowest BCUT2D eigenvalue weighted by Gasteiger charge is -2.32. The molecule has 2 rings (SSSR count). The molecule has 1 aliphatic heterocycles. The van der Waals surface area contributed by atoms with E-state index in [1.54, 1.807) is 7.11 Å². The lowest BCUT2D eigenvalue weighted by atomic mass is 9.97. The van der Waals surface area contributed by atoms with E-state index in [0.29, 0.717) is 6.54 Å². The Hall–Kier alpha value is -0.900. The van der Waals surface area contributed by atoms with E-state index in [1.807, 2.05) is 0 Å². The third-order valence-electron chi connectivity index (χ3n) is 4.15. The van der Waals surface area contributed by atoms with Crippen LogP contribution in [0.3, 0.4) is 0 Å². The first-order chi connectivity index (χ1) is 9.22. The van der Waals surface area contributed by atoms with Crippen molar-refractivity contribution in [2.45, 2.75) is 32.9 Å². The highest BCUT2D eigenvalue weighted by Gasteiger charge is 2.19. The van der Waals surface area contributed by atoms with Crippen molar-refractivity contribution in [1.29, 1.82) is 0 Å². The Labute approximate surface area is 116 Å². The Morgan fingerprint density at radius 1 is 1.32 bits per heavy atom. The van der Waals surface area contributed by atoms with E-state index in [1.165, 1.54) is 42.6 Å². The van der Waals surface area contributed by atoms with E-state index >= 15 is 0 Å². The summed E-state index contributed by atoms with van der Waals surface area (Å²) >= 11 is 0. The molecule has 19 heavy (non-hydrogen) atoms. The maximum atomic E-state index is 5.67. The molecule has 1 aromatic rings. The number of ether oxygens (including phenoxy) is 1. The molecule has 0 amide bonds. The molecule has 0 radical (unpaired) electrons. The number of hydrogen-bond donors (Lipinski definition) is 1. The molecular weight excluding hydrogens is 236 g/mol. The van der Waals surface area contributed by atoms with Gasteiger partial charge in [0.2, 0.25) is 0 Å². The molecular formula is C16H26N2O. The van der Waals surface area contributed by atoms with Crippen molar-refractivity contribution in [3.8, 4) is 0 Å². The second-order valence-corrected chi connectivity index (χ2v) is 5.64. The van der Waals surface area contributed by atoms with Gasteiger partial charge in [-0.3, -0.25) is 4.90 Å². The number of nitrogens with zero attached hydrogens (tertiary/aromatic N) is 1. The lowest BCUT2D eigenvalue weighted by Crippen LogP contribution is -2.34. The van der Waals surface area contributed by atoms with E-state index in [-0.39, 0.29) is 0 Å². The van der Waals surface area contributed by atoms with Crippen molar-refractivity contribution in [1.82, 2.24) is 4.90 Å². The van der Waals surface area contributed by atoms with Crippen LogP contribution in [-0.2, 0) is 17.8 Å². The number of aryl methyl sites for hydroxylation is 1. The fraction of sp³-hybridized carbons (Fsp3) is 0.625. The summed E-state index contributed by atoms with van der Waals surface area (Å²) in [6.45, 7) is 7.17. The lowest BCUT2D eigenvalue weighted by molar-refractivity contribution is 0.0967. The van der Waals surface area contributed by atoms with E-state index in [0.717, 1.165) is 19.1 Å². The van der Waals surface area contributed by atoms with Crippen LogP contribution in [0.2, 0.25) is 0 Å². The van der Waals surface area contributed by atoms with Gasteiger partial charge in [-0.25, -0.2) is 0 Å². The van der Waals surface area contributed by atoms with Gasteiger partial charge in [-0.15, -0.1) is 0 Å². The molecule has 0 aliphatic carbocycles. The van der Waals surface area contributed by atoms with E-state index in [2.05, 4.69) is 30.0 Å². The molecule has 3 heteroatoms. The maximum Gasteiger partial charge on any atom is 0.0491 e. The maximum absolute atomic E-state index is 5.67. The van der Waals surface area contributed by atoms with Crippen molar-refractivity contribution >= 4 is 0 Å². The summed E-state index contributed by atoms with van der Waals surface area (Å²) in [6.07, 6.45) is 2.52. The molecule has 1 fully saturated rings. The molecule has 0 aromatic heterocycles. The van der Waals surface area contributed by atoms with E-state index in [4.69, 9.17) is 10.5 Å². The van der Waals surface area contributed by atoms with Crippen LogP contribution in [0.15, 0.2) is 18.2 Å². The Morgan fingerprint density at radius 3 is 2.63 bits per heavy atom. The van der Waals surface area contributed by atoms with Gasteiger partial charge >= 0.3 is 0 Å². The highest BCUT2D eigenvalue weighted by Crippen LogP contribution is 2.20. The van der Waals surface area contributed by atoms with Crippen molar-refractivity contribution in [2.24, 2.45) is 11.7 Å². The van der Waals surface area contributed by atoms with Gasteiger partial charge in [0.15, 0.2) is 0 Å². The zero-order valence-electron chi connectivity index (χ0n) is 12.2. The van der Waals surface area contributed by atoms with Crippen LogP contribution in [0.5, 0.6) is 0 Å². The number of likely N-dealkylation sites (tertiary alicyclic amines) is 1. The van der Waals surface area contributed by atoms with Crippen LogP contribution >= 0.6 is 0 Å². The number of hydrogen-bond acceptors (Lipinski definition) is 3. The molecule has 0 bridgehead atoms. The minimum atomic E-state index is 0.629. The van der Waals surface area contributed by atoms with Gasteiger partial charge in [0.1, 0.15) is 0 Å². The van der Waals surface area contributed by atoms with Gasteiger partial charge in [0.25, 0.3) is 0 Å². The molecule has 1 heterocycles. The topological polar surface area (TPSA) is 38.5 Å². The Kier molecular flexibility index (Phi) is 5.37. The summed E-state index contributed by atoms with van der Waals surface area (Å²) in [5.41, 5.74) is 9.69. The first kappa shape index (κ1) is 14.5. The highest BCUT2D eigenvalue weighted by atomic mass is 16.5. The van der Waals surface area contributed by atoms with Crippen LogP contribution in [-0.4, -0.2) is 31.7 Å². The minimum Gasteiger partial charge on any atom is -0.384 e. The number of methoxy groups -OCH3 is 1. The predicted octanol–water partition coefficient (Wildman–Crippen LogP) is 2.31. The molecule has 1 saturated heterocycles. The molecule has 106 valence electrons. The fourth-order valence-electron chi connectivity index (χ4n) is 2.85. The van der Waals surface area contributed by atoms with Gasteiger partial charge in [-0.1, -0.05) is 18.2 Å². The summed E-state index contributed by atoms with van der Waals surface area (Å²) in [5, 5.41) is 0. The van der Waals surface area contributed by atoms with E-state index in [9.17, 15) is 0 Å². The van der Waals surface area contributed by atoms with Crippen molar-refractivity contribution in [3.63, 3.8) is 0 Å².